The van der Waals surface area contributed by atoms with Crippen molar-refractivity contribution in [1.82, 2.24) is 4.90 Å². The molecule has 0 aliphatic carbocycles. The molecule has 1 N–H and O–H groups in total. The Labute approximate surface area is 227 Å². The van der Waals surface area contributed by atoms with Gasteiger partial charge in [-0.25, -0.2) is 0 Å². The van der Waals surface area contributed by atoms with Crippen molar-refractivity contribution in [2.24, 2.45) is 0 Å². The molecule has 1 aliphatic heterocycles. The minimum absolute atomic E-state index is 0.0635. The number of piperidine rings is 1. The topological polar surface area (TPSA) is 66.8 Å². The molecule has 1 heterocycles. The highest BCUT2D eigenvalue weighted by Crippen LogP contribution is 2.30. The zero-order valence-corrected chi connectivity index (χ0v) is 22.9. The van der Waals surface area contributed by atoms with E-state index in [-0.39, 0.29) is 18.0 Å². The second-order valence-corrected chi connectivity index (χ2v) is 9.59. The molecule has 1 aliphatic rings. The molecule has 4 rings (SSSR count). The van der Waals surface area contributed by atoms with Gasteiger partial charge in [0, 0.05) is 25.1 Å². The largest absolute Gasteiger partial charge is 0.481 e. The van der Waals surface area contributed by atoms with Crippen molar-refractivity contribution in [3.8, 4) is 0 Å². The van der Waals surface area contributed by atoms with Gasteiger partial charge < -0.3 is 14.7 Å². The summed E-state index contributed by atoms with van der Waals surface area (Å²) in [7, 11) is 0. The lowest BCUT2D eigenvalue weighted by Gasteiger charge is -2.34. The van der Waals surface area contributed by atoms with Crippen LogP contribution in [0.25, 0.3) is 0 Å². The lowest BCUT2D eigenvalue weighted by atomic mass is 9.98. The van der Waals surface area contributed by atoms with Gasteiger partial charge in [0.25, 0.3) is 0 Å². The molecule has 3 aromatic rings. The van der Waals surface area contributed by atoms with E-state index in [1.165, 1.54) is 11.1 Å². The number of ketones is 1. The molecule has 0 aromatic heterocycles. The van der Waals surface area contributed by atoms with Gasteiger partial charge in [0.2, 0.25) is 0 Å². The molecule has 5 nitrogen and oxygen atoms in total. The number of nitrogens with zero attached hydrogens (tertiary/aromatic N) is 1. The average molecular weight is 516 g/mol. The number of rotatable bonds is 11. The Morgan fingerprint density at radius 1 is 0.842 bits per heavy atom. The third kappa shape index (κ3) is 8.37. The first kappa shape index (κ1) is 29.3. The van der Waals surface area contributed by atoms with Crippen LogP contribution in [0.5, 0.6) is 0 Å². The van der Waals surface area contributed by atoms with Crippen LogP contribution in [0, 0.1) is 0 Å². The molecule has 1 saturated heterocycles. The maximum absolute atomic E-state index is 12.6. The average Bonchev–Trinajstić information content (AvgIpc) is 2.98. The number of benzene rings is 3. The van der Waals surface area contributed by atoms with Crippen molar-refractivity contribution < 1.29 is 19.4 Å². The SMILES string of the molecule is CC.CC(C(=O)O)c1ccc(C(=O)CCCN2CCC(OC(c3ccccc3)c3ccccc3)CC2)cc1. The monoisotopic (exact) mass is 515 g/mol. The van der Waals surface area contributed by atoms with Gasteiger partial charge in [0.05, 0.1) is 12.0 Å². The zero-order chi connectivity index (χ0) is 27.3. The van der Waals surface area contributed by atoms with Crippen molar-refractivity contribution >= 4 is 11.8 Å². The normalized spacial score (nSPS) is 14.9. The molecular formula is C33H41NO4. The quantitative estimate of drug-likeness (QED) is 0.275. The summed E-state index contributed by atoms with van der Waals surface area (Å²) >= 11 is 0. The fourth-order valence-electron chi connectivity index (χ4n) is 4.77. The lowest BCUT2D eigenvalue weighted by molar-refractivity contribution is -0.138. The van der Waals surface area contributed by atoms with Crippen LogP contribution < -0.4 is 0 Å². The summed E-state index contributed by atoms with van der Waals surface area (Å²) in [6.45, 7) is 8.48. The van der Waals surface area contributed by atoms with Crippen molar-refractivity contribution in [2.45, 2.75) is 64.6 Å². The Morgan fingerprint density at radius 2 is 1.37 bits per heavy atom. The minimum Gasteiger partial charge on any atom is -0.481 e. The van der Waals surface area contributed by atoms with Crippen LogP contribution in [0.15, 0.2) is 84.9 Å². The van der Waals surface area contributed by atoms with Gasteiger partial charge in [-0.05, 0) is 49.4 Å². The Hall–Kier alpha value is -3.28. The van der Waals surface area contributed by atoms with Crippen LogP contribution in [0.3, 0.4) is 0 Å². The molecule has 0 bridgehead atoms. The van der Waals surface area contributed by atoms with Crippen LogP contribution in [0.4, 0.5) is 0 Å². The summed E-state index contributed by atoms with van der Waals surface area (Å²) < 4.78 is 6.64. The molecule has 1 atom stereocenters. The van der Waals surface area contributed by atoms with E-state index in [0.29, 0.717) is 17.5 Å². The van der Waals surface area contributed by atoms with E-state index in [1.807, 2.05) is 26.0 Å². The molecule has 3 aromatic carbocycles. The Bertz CT molecular complexity index is 1070. The zero-order valence-electron chi connectivity index (χ0n) is 22.9. The molecule has 0 saturated carbocycles. The number of ether oxygens (including phenoxy) is 1. The molecule has 0 radical (unpaired) electrons. The number of likely N-dealkylation sites (tertiary alicyclic amines) is 1. The summed E-state index contributed by atoms with van der Waals surface area (Å²) in [5.41, 5.74) is 3.72. The van der Waals surface area contributed by atoms with E-state index in [1.54, 1.807) is 31.2 Å². The second kappa shape index (κ2) is 15.2. The summed E-state index contributed by atoms with van der Waals surface area (Å²) in [6, 6.07) is 27.8. The van der Waals surface area contributed by atoms with Crippen molar-refractivity contribution in [3.05, 3.63) is 107 Å². The fraction of sp³-hybridized carbons (Fsp3) is 0.394. The summed E-state index contributed by atoms with van der Waals surface area (Å²) in [6.07, 6.45) is 3.41. The predicted octanol–water partition coefficient (Wildman–Crippen LogP) is 7.13. The standard InChI is InChI=1S/C31H35NO4.C2H6/c1-23(31(34)35)24-14-16-25(17-15-24)29(33)13-8-20-32-21-18-28(19-22-32)36-30(26-9-4-2-5-10-26)27-11-6-3-7-12-27;1-2/h2-7,9-12,14-17,23,28,30H,8,13,18-22H2,1H3,(H,34,35);1-2H3. The highest BCUT2D eigenvalue weighted by atomic mass is 16.5. The number of hydrogen-bond donors (Lipinski definition) is 1. The van der Waals surface area contributed by atoms with Gasteiger partial charge >= 0.3 is 5.97 Å². The first-order valence-electron chi connectivity index (χ1n) is 13.8. The van der Waals surface area contributed by atoms with Crippen LogP contribution in [-0.4, -0.2) is 47.5 Å². The van der Waals surface area contributed by atoms with E-state index in [0.717, 1.165) is 38.9 Å². The summed E-state index contributed by atoms with van der Waals surface area (Å²) in [5, 5.41) is 9.14. The molecule has 38 heavy (non-hydrogen) atoms. The number of aliphatic carboxylic acids is 1. The van der Waals surface area contributed by atoms with E-state index in [9.17, 15) is 9.59 Å². The smallest absolute Gasteiger partial charge is 0.310 e. The predicted molar refractivity (Wildman–Crippen MR) is 153 cm³/mol. The van der Waals surface area contributed by atoms with Gasteiger partial charge in [-0.2, -0.15) is 0 Å². The Balaban J connectivity index is 0.00000195. The van der Waals surface area contributed by atoms with Crippen LogP contribution in [-0.2, 0) is 9.53 Å². The molecular weight excluding hydrogens is 474 g/mol. The summed E-state index contributed by atoms with van der Waals surface area (Å²) in [5.74, 6) is -1.33. The number of carbonyl (C=O) groups is 2. The van der Waals surface area contributed by atoms with E-state index in [2.05, 4.69) is 53.4 Å². The van der Waals surface area contributed by atoms with Crippen molar-refractivity contribution in [2.75, 3.05) is 19.6 Å². The number of carboxylic acid groups (broad SMARTS) is 1. The van der Waals surface area contributed by atoms with Gasteiger partial charge in [0.15, 0.2) is 5.78 Å². The Kier molecular flexibility index (Phi) is 11.7. The molecule has 0 spiro atoms. The maximum Gasteiger partial charge on any atom is 0.310 e. The van der Waals surface area contributed by atoms with Crippen LogP contribution in [0.1, 0.15) is 85.5 Å². The molecule has 1 unspecified atom stereocenters. The van der Waals surface area contributed by atoms with Crippen molar-refractivity contribution in [1.29, 1.82) is 0 Å². The van der Waals surface area contributed by atoms with E-state index >= 15 is 0 Å². The highest BCUT2D eigenvalue weighted by molar-refractivity contribution is 5.96. The molecule has 5 heteroatoms. The number of Topliss-reactive ketones (excluding diaryl/α,β-unsaturated/α-hetero) is 1. The fourth-order valence-corrected chi connectivity index (χ4v) is 4.77. The molecule has 1 fully saturated rings. The Morgan fingerprint density at radius 3 is 1.87 bits per heavy atom. The number of carboxylic acids is 1. The molecule has 0 amide bonds. The highest BCUT2D eigenvalue weighted by Gasteiger charge is 2.24. The summed E-state index contributed by atoms with van der Waals surface area (Å²) in [4.78, 5) is 26.1. The van der Waals surface area contributed by atoms with Gasteiger partial charge in [0.1, 0.15) is 6.10 Å². The van der Waals surface area contributed by atoms with Gasteiger partial charge in [-0.15, -0.1) is 0 Å². The number of carbonyl (C=O) groups excluding carboxylic acids is 1. The molecule has 202 valence electrons. The van der Waals surface area contributed by atoms with E-state index in [4.69, 9.17) is 9.84 Å². The maximum atomic E-state index is 12.6. The first-order chi connectivity index (χ1) is 18.5. The van der Waals surface area contributed by atoms with E-state index < -0.39 is 11.9 Å². The van der Waals surface area contributed by atoms with Crippen LogP contribution in [0.2, 0.25) is 0 Å². The first-order valence-corrected chi connectivity index (χ1v) is 13.8. The third-order valence-corrected chi connectivity index (χ3v) is 7.05. The second-order valence-electron chi connectivity index (χ2n) is 9.59. The van der Waals surface area contributed by atoms with Crippen LogP contribution >= 0.6 is 0 Å². The lowest BCUT2D eigenvalue weighted by Crippen LogP contribution is -2.38. The van der Waals surface area contributed by atoms with Crippen molar-refractivity contribution in [3.63, 3.8) is 0 Å². The third-order valence-electron chi connectivity index (χ3n) is 7.05. The number of hydrogen-bond acceptors (Lipinski definition) is 4. The van der Waals surface area contributed by atoms with Gasteiger partial charge in [-0.1, -0.05) is 98.8 Å². The van der Waals surface area contributed by atoms with Gasteiger partial charge in [-0.3, -0.25) is 9.59 Å². The minimum atomic E-state index is -0.862.